The van der Waals surface area contributed by atoms with Crippen LogP contribution in [0.1, 0.15) is 18.2 Å². The van der Waals surface area contributed by atoms with Crippen molar-refractivity contribution < 1.29 is 27.6 Å². The van der Waals surface area contributed by atoms with E-state index in [4.69, 9.17) is 4.74 Å². The van der Waals surface area contributed by atoms with Crippen LogP contribution in [0.3, 0.4) is 0 Å². The molecule has 0 aliphatic carbocycles. The van der Waals surface area contributed by atoms with Crippen molar-refractivity contribution >= 4 is 11.7 Å². The summed E-state index contributed by atoms with van der Waals surface area (Å²) in [6.45, 7) is 1.75. The molecule has 0 radical (unpaired) electrons. The fourth-order valence-electron chi connectivity index (χ4n) is 2.01. The molecule has 1 N–H and O–H groups in total. The van der Waals surface area contributed by atoms with Crippen LogP contribution in [0.2, 0.25) is 0 Å². The quantitative estimate of drug-likeness (QED) is 0.667. The van der Waals surface area contributed by atoms with Crippen molar-refractivity contribution in [3.05, 3.63) is 45.6 Å². The Labute approximate surface area is 139 Å². The molecule has 2 rings (SSSR count). The Morgan fingerprint density at radius 3 is 2.60 bits per heavy atom. The maximum atomic E-state index is 12.7. The van der Waals surface area contributed by atoms with Gasteiger partial charge in [0.25, 0.3) is 0 Å². The number of aryl methyl sites for hydroxylation is 1. The van der Waals surface area contributed by atoms with E-state index in [-0.39, 0.29) is 5.88 Å². The van der Waals surface area contributed by atoms with Crippen LogP contribution in [0.4, 0.5) is 23.7 Å². The molecule has 0 spiro atoms. The zero-order valence-corrected chi connectivity index (χ0v) is 13.1. The zero-order chi connectivity index (χ0) is 18.8. The second-order valence-corrected chi connectivity index (χ2v) is 4.83. The van der Waals surface area contributed by atoms with E-state index in [2.05, 4.69) is 10.4 Å². The highest BCUT2D eigenvalue weighted by Gasteiger charge is 2.33. The molecule has 0 aliphatic rings. The molecule has 1 amide bonds. The van der Waals surface area contributed by atoms with E-state index >= 15 is 0 Å². The number of rotatable bonds is 4. The van der Waals surface area contributed by atoms with Crippen LogP contribution in [0.15, 0.2) is 24.3 Å². The molecule has 1 aromatic heterocycles. The van der Waals surface area contributed by atoms with Gasteiger partial charge >= 0.3 is 17.9 Å². The normalized spacial score (nSPS) is 11.2. The summed E-state index contributed by atoms with van der Waals surface area (Å²) >= 11 is 0. The van der Waals surface area contributed by atoms with Crippen LogP contribution in [0.5, 0.6) is 11.6 Å². The smallest absolute Gasteiger partial charge is 0.416 e. The average Bonchev–Trinajstić information content (AvgIpc) is 2.96. The lowest BCUT2D eigenvalue weighted by Crippen LogP contribution is -2.26. The van der Waals surface area contributed by atoms with Crippen LogP contribution in [0.25, 0.3) is 0 Å². The number of alkyl halides is 3. The third-order valence-electron chi connectivity index (χ3n) is 3.23. The minimum absolute atomic E-state index is 0.150. The molecular formula is C14H13F3N4O4. The molecule has 0 aliphatic heterocycles. The summed E-state index contributed by atoms with van der Waals surface area (Å²) in [5.41, 5.74) is -1.57. The van der Waals surface area contributed by atoms with Crippen molar-refractivity contribution in [3.63, 3.8) is 0 Å². The average molecular weight is 358 g/mol. The molecule has 11 heteroatoms. The van der Waals surface area contributed by atoms with Gasteiger partial charge in [-0.15, -0.1) is 5.10 Å². The highest BCUT2D eigenvalue weighted by Crippen LogP contribution is 2.37. The van der Waals surface area contributed by atoms with Crippen molar-refractivity contribution in [1.82, 2.24) is 15.1 Å². The molecule has 134 valence electrons. The predicted molar refractivity (Wildman–Crippen MR) is 79.6 cm³/mol. The first-order chi connectivity index (χ1) is 11.7. The number of benzene rings is 1. The number of halogens is 3. The number of nitro benzene ring substituents is 1. The van der Waals surface area contributed by atoms with E-state index in [0.717, 1.165) is 10.7 Å². The number of amides is 1. The highest BCUT2D eigenvalue weighted by molar-refractivity contribution is 5.76. The molecule has 1 heterocycles. The first-order valence-electron chi connectivity index (χ1n) is 7.01. The molecular weight excluding hydrogens is 345 g/mol. The number of nitro groups is 1. The van der Waals surface area contributed by atoms with E-state index in [1.807, 2.05) is 0 Å². The van der Waals surface area contributed by atoms with Gasteiger partial charge in [-0.1, -0.05) is 6.92 Å². The Balaban J connectivity index is 2.42. The van der Waals surface area contributed by atoms with Gasteiger partial charge in [0.2, 0.25) is 11.6 Å². The SMILES string of the molecule is CCc1cc(Oc2ccc(C(F)(F)F)cc2[N+](=O)[O-])nn1C(=O)NC. The molecule has 1 aromatic carbocycles. The van der Waals surface area contributed by atoms with Gasteiger partial charge in [0.1, 0.15) is 0 Å². The molecule has 0 saturated carbocycles. The van der Waals surface area contributed by atoms with E-state index in [9.17, 15) is 28.1 Å². The second kappa shape index (κ2) is 6.79. The topological polar surface area (TPSA) is 99.3 Å². The number of nitrogens with one attached hydrogen (secondary N) is 1. The Hall–Kier alpha value is -3.11. The van der Waals surface area contributed by atoms with E-state index in [1.165, 1.54) is 13.1 Å². The number of ether oxygens (including phenoxy) is 1. The first kappa shape index (κ1) is 18.2. The summed E-state index contributed by atoms with van der Waals surface area (Å²) in [5, 5.41) is 17.3. The van der Waals surface area contributed by atoms with Crippen molar-refractivity contribution in [2.24, 2.45) is 0 Å². The molecule has 0 atom stereocenters. The lowest BCUT2D eigenvalue weighted by molar-refractivity contribution is -0.385. The molecule has 0 fully saturated rings. The van der Waals surface area contributed by atoms with Crippen LogP contribution < -0.4 is 10.1 Å². The summed E-state index contributed by atoms with van der Waals surface area (Å²) in [5.74, 6) is -0.564. The number of carbonyl (C=O) groups excluding carboxylic acids is 1. The number of carbonyl (C=O) groups is 1. The molecule has 8 nitrogen and oxygen atoms in total. The molecule has 25 heavy (non-hydrogen) atoms. The lowest BCUT2D eigenvalue weighted by atomic mass is 10.2. The summed E-state index contributed by atoms with van der Waals surface area (Å²) in [7, 11) is 1.39. The van der Waals surface area contributed by atoms with E-state index in [1.54, 1.807) is 6.92 Å². The van der Waals surface area contributed by atoms with Gasteiger partial charge in [0.05, 0.1) is 16.2 Å². The van der Waals surface area contributed by atoms with Crippen molar-refractivity contribution in [2.75, 3.05) is 7.05 Å². The molecule has 0 unspecified atom stereocenters. The monoisotopic (exact) mass is 358 g/mol. The Morgan fingerprint density at radius 2 is 2.08 bits per heavy atom. The van der Waals surface area contributed by atoms with E-state index < -0.39 is 34.1 Å². The van der Waals surface area contributed by atoms with Crippen molar-refractivity contribution in [2.45, 2.75) is 19.5 Å². The molecule has 2 aromatic rings. The fraction of sp³-hybridized carbons (Fsp3) is 0.286. The minimum Gasteiger partial charge on any atom is -0.430 e. The number of aromatic nitrogens is 2. The van der Waals surface area contributed by atoms with Gasteiger partial charge in [-0.25, -0.2) is 4.79 Å². The van der Waals surface area contributed by atoms with E-state index in [0.29, 0.717) is 24.2 Å². The summed E-state index contributed by atoms with van der Waals surface area (Å²) in [4.78, 5) is 21.7. The summed E-state index contributed by atoms with van der Waals surface area (Å²) in [6, 6.07) is 2.71. The van der Waals surface area contributed by atoms with Crippen LogP contribution >= 0.6 is 0 Å². The Bertz CT molecular complexity index is 817. The summed E-state index contributed by atoms with van der Waals surface area (Å²) in [6.07, 6.45) is -4.31. The van der Waals surface area contributed by atoms with Gasteiger partial charge in [-0.2, -0.15) is 17.9 Å². The third-order valence-corrected chi connectivity index (χ3v) is 3.23. The maximum Gasteiger partial charge on any atom is 0.416 e. The van der Waals surface area contributed by atoms with Gasteiger partial charge in [0, 0.05) is 19.2 Å². The number of hydrogen-bond donors (Lipinski definition) is 1. The summed E-state index contributed by atoms with van der Waals surface area (Å²) < 4.78 is 44.3. The Morgan fingerprint density at radius 1 is 1.40 bits per heavy atom. The van der Waals surface area contributed by atoms with Crippen LogP contribution in [0, 0.1) is 10.1 Å². The minimum atomic E-state index is -4.72. The largest absolute Gasteiger partial charge is 0.430 e. The number of nitrogens with zero attached hydrogens (tertiary/aromatic N) is 3. The van der Waals surface area contributed by atoms with Crippen molar-refractivity contribution in [3.8, 4) is 11.6 Å². The zero-order valence-electron chi connectivity index (χ0n) is 13.1. The van der Waals surface area contributed by atoms with Gasteiger partial charge in [-0.3, -0.25) is 10.1 Å². The molecule has 0 bridgehead atoms. The van der Waals surface area contributed by atoms with Crippen molar-refractivity contribution in [1.29, 1.82) is 0 Å². The Kier molecular flexibility index (Phi) is 4.95. The highest BCUT2D eigenvalue weighted by atomic mass is 19.4. The third kappa shape index (κ3) is 3.87. The lowest BCUT2D eigenvalue weighted by Gasteiger charge is -2.08. The number of hydrogen-bond acceptors (Lipinski definition) is 5. The van der Waals surface area contributed by atoms with Crippen LogP contribution in [-0.2, 0) is 12.6 Å². The van der Waals surface area contributed by atoms with Gasteiger partial charge in [0.15, 0.2) is 0 Å². The maximum absolute atomic E-state index is 12.7. The fourth-order valence-corrected chi connectivity index (χ4v) is 2.01. The predicted octanol–water partition coefficient (Wildman–Crippen LogP) is 3.35. The van der Waals surface area contributed by atoms with Gasteiger partial charge < -0.3 is 10.1 Å². The van der Waals surface area contributed by atoms with Gasteiger partial charge in [-0.05, 0) is 18.6 Å². The second-order valence-electron chi connectivity index (χ2n) is 4.83. The van der Waals surface area contributed by atoms with Crippen LogP contribution in [-0.4, -0.2) is 27.8 Å². The molecule has 0 saturated heterocycles. The standard InChI is InChI=1S/C14H13F3N4O4/c1-3-9-7-12(19-20(9)13(22)18-2)25-11-5-4-8(14(15,16)17)6-10(11)21(23)24/h4-7H,3H2,1-2H3,(H,18,22). The first-order valence-corrected chi connectivity index (χ1v) is 7.01.